The summed E-state index contributed by atoms with van der Waals surface area (Å²) in [7, 11) is 0. The average Bonchev–Trinajstić information content (AvgIpc) is 3.05. The van der Waals surface area contributed by atoms with Gasteiger partial charge in [-0.05, 0) is 12.1 Å². The van der Waals surface area contributed by atoms with Crippen LogP contribution in [0, 0.1) is 15.9 Å². The van der Waals surface area contributed by atoms with Crippen molar-refractivity contribution < 1.29 is 27.4 Å². The molecule has 2 heterocycles. The van der Waals surface area contributed by atoms with Crippen LogP contribution in [0.5, 0.6) is 11.6 Å². The van der Waals surface area contributed by atoms with Crippen molar-refractivity contribution in [2.24, 2.45) is 0 Å². The van der Waals surface area contributed by atoms with Gasteiger partial charge in [0, 0.05) is 18.2 Å². The molecule has 0 saturated heterocycles. The minimum atomic E-state index is -2.87. The van der Waals surface area contributed by atoms with Gasteiger partial charge >= 0.3 is 0 Å². The number of aromatic nitrogens is 2. The number of hydrogen-bond acceptors (Lipinski definition) is 6. The molecule has 3 aromatic rings. The van der Waals surface area contributed by atoms with Crippen LogP contribution in [0.3, 0.4) is 0 Å². The van der Waals surface area contributed by atoms with E-state index in [1.165, 1.54) is 18.2 Å². The van der Waals surface area contributed by atoms with Crippen LogP contribution in [-0.4, -0.2) is 15.1 Å². The molecule has 128 valence electrons. The van der Waals surface area contributed by atoms with Gasteiger partial charge in [-0.3, -0.25) is 10.1 Å². The van der Waals surface area contributed by atoms with Crippen molar-refractivity contribution in [2.75, 3.05) is 0 Å². The van der Waals surface area contributed by atoms with Crippen molar-refractivity contribution >= 4 is 5.69 Å². The highest BCUT2D eigenvalue weighted by Gasteiger charge is 2.21. The molecule has 0 atom stereocenters. The largest absolute Gasteiger partial charge is 0.438 e. The summed E-state index contributed by atoms with van der Waals surface area (Å²) in [6.45, 7) is 0. The Morgan fingerprint density at radius 1 is 1.24 bits per heavy atom. The number of nitro groups is 1. The van der Waals surface area contributed by atoms with Crippen LogP contribution in [0.15, 0.2) is 47.1 Å². The van der Waals surface area contributed by atoms with E-state index in [1.54, 1.807) is 0 Å². The topological polar surface area (TPSA) is 91.3 Å². The van der Waals surface area contributed by atoms with Gasteiger partial charge in [0.05, 0.1) is 10.5 Å². The van der Waals surface area contributed by atoms with Crippen LogP contribution < -0.4 is 4.74 Å². The van der Waals surface area contributed by atoms with E-state index in [9.17, 15) is 23.3 Å². The van der Waals surface area contributed by atoms with Gasteiger partial charge in [-0.15, -0.1) is 0 Å². The molecule has 0 aliphatic rings. The maximum atomic E-state index is 14.2. The summed E-state index contributed by atoms with van der Waals surface area (Å²) in [5.74, 6) is -1.15. The van der Waals surface area contributed by atoms with Crippen LogP contribution in [0.25, 0.3) is 11.3 Å². The van der Waals surface area contributed by atoms with E-state index in [0.717, 1.165) is 24.4 Å². The zero-order chi connectivity index (χ0) is 18.0. The third-order valence-corrected chi connectivity index (χ3v) is 3.12. The van der Waals surface area contributed by atoms with E-state index in [-0.39, 0.29) is 28.6 Å². The quantitative estimate of drug-likeness (QED) is 0.496. The molecule has 0 saturated carbocycles. The number of benzene rings is 1. The standard InChI is InChI=1S/C15H8F3N3O4/c16-9-2-1-3-11(14(9)12-6-10(15(17)18)20-25-12)24-13-5-4-8(7-19-13)21(22)23/h1-7,15H. The Balaban J connectivity index is 1.96. The van der Waals surface area contributed by atoms with Crippen LogP contribution in [0.2, 0.25) is 0 Å². The molecule has 0 spiro atoms. The molecule has 0 fully saturated rings. The fourth-order valence-electron chi connectivity index (χ4n) is 1.99. The normalized spacial score (nSPS) is 10.9. The van der Waals surface area contributed by atoms with Gasteiger partial charge in [-0.2, -0.15) is 0 Å². The molecule has 0 N–H and O–H groups in total. The van der Waals surface area contributed by atoms with E-state index in [2.05, 4.69) is 10.1 Å². The number of pyridine rings is 1. The molecule has 0 aliphatic heterocycles. The second-order valence-corrected chi connectivity index (χ2v) is 4.74. The van der Waals surface area contributed by atoms with E-state index in [4.69, 9.17) is 9.26 Å². The Kier molecular flexibility index (Phi) is 4.33. The second-order valence-electron chi connectivity index (χ2n) is 4.74. The Morgan fingerprint density at radius 3 is 2.64 bits per heavy atom. The van der Waals surface area contributed by atoms with Crippen LogP contribution >= 0.6 is 0 Å². The van der Waals surface area contributed by atoms with Crippen LogP contribution in [0.1, 0.15) is 12.1 Å². The van der Waals surface area contributed by atoms with E-state index >= 15 is 0 Å². The molecule has 0 unspecified atom stereocenters. The fraction of sp³-hybridized carbons (Fsp3) is 0.0667. The summed E-state index contributed by atoms with van der Waals surface area (Å²) >= 11 is 0. The summed E-state index contributed by atoms with van der Waals surface area (Å²) in [5.41, 5.74) is -1.11. The number of hydrogen-bond donors (Lipinski definition) is 0. The average molecular weight is 351 g/mol. The van der Waals surface area contributed by atoms with Crippen LogP contribution in [-0.2, 0) is 0 Å². The van der Waals surface area contributed by atoms with Gasteiger partial charge in [0.1, 0.15) is 23.5 Å². The number of ether oxygens (including phenoxy) is 1. The van der Waals surface area contributed by atoms with Gasteiger partial charge in [0.25, 0.3) is 12.1 Å². The maximum absolute atomic E-state index is 14.2. The Morgan fingerprint density at radius 2 is 2.04 bits per heavy atom. The van der Waals surface area contributed by atoms with E-state index in [1.807, 2.05) is 0 Å². The number of rotatable bonds is 5. The highest BCUT2D eigenvalue weighted by Crippen LogP contribution is 2.36. The molecule has 1 aromatic carbocycles. The summed E-state index contributed by atoms with van der Waals surface area (Å²) < 4.78 is 49.6. The molecule has 10 heteroatoms. The van der Waals surface area contributed by atoms with Crippen molar-refractivity contribution in [3.63, 3.8) is 0 Å². The lowest BCUT2D eigenvalue weighted by atomic mass is 10.1. The third kappa shape index (κ3) is 3.42. The highest BCUT2D eigenvalue weighted by atomic mass is 19.3. The number of alkyl halides is 2. The zero-order valence-corrected chi connectivity index (χ0v) is 12.2. The molecule has 0 amide bonds. The first-order valence-electron chi connectivity index (χ1n) is 6.77. The van der Waals surface area contributed by atoms with E-state index < -0.39 is 22.9 Å². The van der Waals surface area contributed by atoms with Crippen LogP contribution in [0.4, 0.5) is 18.9 Å². The van der Waals surface area contributed by atoms with Crippen molar-refractivity contribution in [3.05, 3.63) is 64.2 Å². The zero-order valence-electron chi connectivity index (χ0n) is 12.2. The summed E-state index contributed by atoms with van der Waals surface area (Å²) in [6, 6.07) is 7.08. The molecular formula is C15H8F3N3O4. The lowest BCUT2D eigenvalue weighted by molar-refractivity contribution is -0.385. The fourth-order valence-corrected chi connectivity index (χ4v) is 1.99. The SMILES string of the molecule is O=[N+]([O-])c1ccc(Oc2cccc(F)c2-c2cc(C(F)F)no2)nc1. The predicted octanol–water partition coefficient (Wildman–Crippen LogP) is 4.51. The summed E-state index contributed by atoms with van der Waals surface area (Å²) in [6.07, 6.45) is -1.90. The van der Waals surface area contributed by atoms with Gasteiger partial charge in [-0.1, -0.05) is 11.2 Å². The first-order chi connectivity index (χ1) is 12.0. The predicted molar refractivity (Wildman–Crippen MR) is 77.8 cm³/mol. The lowest BCUT2D eigenvalue weighted by Gasteiger charge is -2.09. The van der Waals surface area contributed by atoms with Crippen molar-refractivity contribution in [1.82, 2.24) is 10.1 Å². The Labute approximate surface area is 137 Å². The molecule has 0 radical (unpaired) electrons. The maximum Gasteiger partial charge on any atom is 0.287 e. The summed E-state index contributed by atoms with van der Waals surface area (Å²) in [4.78, 5) is 13.7. The number of nitrogens with zero attached hydrogens (tertiary/aromatic N) is 3. The Bertz CT molecular complexity index is 913. The van der Waals surface area contributed by atoms with E-state index in [0.29, 0.717) is 0 Å². The molecule has 2 aromatic heterocycles. The van der Waals surface area contributed by atoms with Gasteiger partial charge in [-0.25, -0.2) is 18.2 Å². The van der Waals surface area contributed by atoms with Crippen molar-refractivity contribution in [3.8, 4) is 23.0 Å². The highest BCUT2D eigenvalue weighted by molar-refractivity contribution is 5.67. The van der Waals surface area contributed by atoms with Crippen molar-refractivity contribution in [2.45, 2.75) is 6.43 Å². The smallest absolute Gasteiger partial charge is 0.287 e. The monoisotopic (exact) mass is 351 g/mol. The van der Waals surface area contributed by atoms with Gasteiger partial charge in [0.15, 0.2) is 5.76 Å². The number of halogens is 3. The lowest BCUT2D eigenvalue weighted by Crippen LogP contribution is -1.94. The molecular weight excluding hydrogens is 343 g/mol. The minimum absolute atomic E-state index is 0.0500. The minimum Gasteiger partial charge on any atom is -0.438 e. The Hall–Kier alpha value is -3.43. The molecule has 0 bridgehead atoms. The third-order valence-electron chi connectivity index (χ3n) is 3.12. The second kappa shape index (κ2) is 6.59. The van der Waals surface area contributed by atoms with Crippen molar-refractivity contribution in [1.29, 1.82) is 0 Å². The van der Waals surface area contributed by atoms with Gasteiger partial charge in [0.2, 0.25) is 5.88 Å². The molecule has 3 rings (SSSR count). The molecule has 25 heavy (non-hydrogen) atoms. The first-order valence-corrected chi connectivity index (χ1v) is 6.77. The summed E-state index contributed by atoms with van der Waals surface area (Å²) in [5, 5.41) is 13.8. The first kappa shape index (κ1) is 16.4. The molecule has 0 aliphatic carbocycles. The van der Waals surface area contributed by atoms with Gasteiger partial charge < -0.3 is 9.26 Å². The molecule has 7 nitrogen and oxygen atoms in total.